The summed E-state index contributed by atoms with van der Waals surface area (Å²) in [5, 5.41) is 2.68. The summed E-state index contributed by atoms with van der Waals surface area (Å²) in [6.45, 7) is -0.0863. The molecule has 6 atom stereocenters. The lowest BCUT2D eigenvalue weighted by Crippen LogP contribution is -2.60. The number of para-hydroxylation sites is 1. The van der Waals surface area contributed by atoms with Gasteiger partial charge in [-0.25, -0.2) is 4.79 Å². The molecule has 1 amide bonds. The molecule has 1 unspecified atom stereocenters. The van der Waals surface area contributed by atoms with Crippen molar-refractivity contribution >= 4 is 17.7 Å². The zero-order valence-electron chi connectivity index (χ0n) is 18.3. The van der Waals surface area contributed by atoms with Gasteiger partial charge in [0.15, 0.2) is 0 Å². The van der Waals surface area contributed by atoms with E-state index in [4.69, 9.17) is 14.2 Å². The number of quaternary nitrogens is 1. The van der Waals surface area contributed by atoms with Crippen molar-refractivity contribution in [2.24, 2.45) is 0 Å². The monoisotopic (exact) mass is 437 g/mol. The zero-order valence-corrected chi connectivity index (χ0v) is 18.3. The largest absolute Gasteiger partial charge is 0.461 e. The van der Waals surface area contributed by atoms with Gasteiger partial charge in [0.2, 0.25) is 0 Å². The van der Waals surface area contributed by atoms with Crippen molar-refractivity contribution < 1.29 is 28.3 Å². The van der Waals surface area contributed by atoms with Gasteiger partial charge in [-0.05, 0) is 17.7 Å². The number of likely N-dealkylation sites (N-methyl/N-ethyl adjacent to an activating group) is 1. The van der Waals surface area contributed by atoms with Crippen molar-refractivity contribution in [3.05, 3.63) is 66.2 Å². The highest BCUT2D eigenvalue weighted by Gasteiger charge is 2.70. The second kappa shape index (κ2) is 8.22. The molecule has 5 rings (SSSR count). The number of fused-ring (bicyclic) bond motifs is 5. The van der Waals surface area contributed by atoms with Gasteiger partial charge in [-0.2, -0.15) is 0 Å². The van der Waals surface area contributed by atoms with Crippen LogP contribution in [0.5, 0.6) is 0 Å². The van der Waals surface area contributed by atoms with Crippen molar-refractivity contribution in [2.75, 3.05) is 26.0 Å². The summed E-state index contributed by atoms with van der Waals surface area (Å²) in [4.78, 5) is 25.5. The highest BCUT2D eigenvalue weighted by Crippen LogP contribution is 2.51. The Bertz CT molecular complexity index is 960. The summed E-state index contributed by atoms with van der Waals surface area (Å²) < 4.78 is 18.2. The van der Waals surface area contributed by atoms with Gasteiger partial charge in [-0.1, -0.05) is 48.5 Å². The number of esters is 1. The number of carbonyl (C=O) groups excluding carboxylic acids is 2. The molecule has 3 aliphatic rings. The maximum Gasteiger partial charge on any atom is 0.411 e. The number of piperidine rings is 1. The number of hydrogen-bond acceptors (Lipinski definition) is 5. The molecule has 3 fully saturated rings. The third kappa shape index (κ3) is 3.98. The molecule has 168 valence electrons. The van der Waals surface area contributed by atoms with Gasteiger partial charge in [0, 0.05) is 18.5 Å². The van der Waals surface area contributed by atoms with Crippen LogP contribution in [0.1, 0.15) is 24.3 Å². The molecule has 3 aliphatic heterocycles. The molecule has 0 aliphatic carbocycles. The Hall–Kier alpha value is -2.90. The number of carbonyl (C=O) groups is 2. The molecule has 32 heavy (non-hydrogen) atoms. The predicted octanol–water partition coefficient (Wildman–Crippen LogP) is 3.32. The fourth-order valence-electron chi connectivity index (χ4n) is 5.37. The summed E-state index contributed by atoms with van der Waals surface area (Å²) in [5.74, 6) is -1.03. The van der Waals surface area contributed by atoms with Gasteiger partial charge in [0.25, 0.3) is 0 Å². The number of amides is 1. The van der Waals surface area contributed by atoms with Crippen LogP contribution < -0.4 is 5.32 Å². The van der Waals surface area contributed by atoms with Crippen LogP contribution in [0.25, 0.3) is 0 Å². The van der Waals surface area contributed by atoms with Crippen molar-refractivity contribution in [3.63, 3.8) is 0 Å². The van der Waals surface area contributed by atoms with E-state index in [2.05, 4.69) is 19.4 Å². The summed E-state index contributed by atoms with van der Waals surface area (Å²) >= 11 is 0. The van der Waals surface area contributed by atoms with E-state index in [0.29, 0.717) is 30.0 Å². The molecule has 3 saturated heterocycles. The quantitative estimate of drug-likeness (QED) is 0.426. The van der Waals surface area contributed by atoms with Gasteiger partial charge < -0.3 is 18.7 Å². The highest BCUT2D eigenvalue weighted by atomic mass is 16.6. The van der Waals surface area contributed by atoms with Gasteiger partial charge in [-0.3, -0.25) is 10.1 Å². The molecule has 7 heteroatoms. The number of benzene rings is 2. The second-order valence-electron chi connectivity index (χ2n) is 9.41. The van der Waals surface area contributed by atoms with Crippen LogP contribution in [0.3, 0.4) is 0 Å². The average molecular weight is 438 g/mol. The van der Waals surface area contributed by atoms with Crippen molar-refractivity contribution in [1.82, 2.24) is 0 Å². The van der Waals surface area contributed by atoms with Crippen LogP contribution >= 0.6 is 0 Å². The number of epoxide rings is 1. The molecule has 7 nitrogen and oxygen atoms in total. The Morgan fingerprint density at radius 2 is 1.59 bits per heavy atom. The number of morpholine rings is 1. The van der Waals surface area contributed by atoms with Crippen molar-refractivity contribution in [3.8, 4) is 0 Å². The number of nitrogens with zero attached hydrogens (tertiary/aromatic N) is 1. The standard InChI is InChI=1S/C25H28N2O5/c1-27(2)20-13-18(14-21(27)23-22(20)32-23)31-24(28)19(16-9-5-3-6-10-16)15-30-25(29)26-17-11-7-4-8-12-17/h3-12,18-23H,13-15H2,1-2H3/p+1/t18?,19-,20-,21+,22+,23+/m0/s1. The Labute approximate surface area is 187 Å². The molecule has 0 saturated carbocycles. The van der Waals surface area contributed by atoms with E-state index in [-0.39, 0.29) is 18.7 Å². The van der Waals surface area contributed by atoms with Crippen LogP contribution in [-0.2, 0) is 19.0 Å². The smallest absolute Gasteiger partial charge is 0.411 e. The molecule has 2 aromatic rings. The van der Waals surface area contributed by atoms with E-state index in [1.165, 1.54) is 0 Å². The maximum absolute atomic E-state index is 13.2. The lowest BCUT2D eigenvalue weighted by molar-refractivity contribution is -0.938. The minimum absolute atomic E-state index is 0.0863. The second-order valence-corrected chi connectivity index (χ2v) is 9.41. The lowest BCUT2D eigenvalue weighted by Gasteiger charge is -2.45. The molecule has 2 aromatic carbocycles. The third-order valence-electron chi connectivity index (χ3n) is 7.21. The van der Waals surface area contributed by atoms with E-state index in [1.807, 2.05) is 48.5 Å². The van der Waals surface area contributed by atoms with E-state index in [1.54, 1.807) is 12.1 Å². The van der Waals surface area contributed by atoms with E-state index in [0.717, 1.165) is 22.9 Å². The summed E-state index contributed by atoms with van der Waals surface area (Å²) in [6, 6.07) is 19.1. The first-order chi connectivity index (χ1) is 15.4. The number of rotatable bonds is 6. The first-order valence-corrected chi connectivity index (χ1v) is 11.2. The Balaban J connectivity index is 1.23. The molecular weight excluding hydrogens is 408 g/mol. The van der Waals surface area contributed by atoms with Gasteiger partial charge in [0.05, 0.1) is 14.1 Å². The highest BCUT2D eigenvalue weighted by molar-refractivity contribution is 5.85. The Morgan fingerprint density at radius 1 is 1.00 bits per heavy atom. The lowest BCUT2D eigenvalue weighted by atomic mass is 9.95. The summed E-state index contributed by atoms with van der Waals surface area (Å²) in [5.41, 5.74) is 1.40. The summed E-state index contributed by atoms with van der Waals surface area (Å²) in [6.07, 6.45) is 1.46. The fourth-order valence-corrected chi connectivity index (χ4v) is 5.37. The minimum atomic E-state index is -0.675. The van der Waals surface area contributed by atoms with Crippen molar-refractivity contribution in [2.45, 2.75) is 49.2 Å². The first kappa shape index (κ1) is 21.0. The minimum Gasteiger partial charge on any atom is -0.461 e. The molecule has 3 heterocycles. The molecule has 0 aromatic heterocycles. The molecular formula is C25H29N2O5+. The van der Waals surface area contributed by atoms with E-state index >= 15 is 0 Å². The normalized spacial score (nSPS) is 30.0. The SMILES string of the molecule is C[N+]1(C)[C@@H]2CC(OC(=O)[C@@H](COC(=O)Nc3ccccc3)c3ccccc3)C[C@H]1[C@H]1O[C@@H]12. The van der Waals surface area contributed by atoms with Gasteiger partial charge in [0.1, 0.15) is 42.9 Å². The van der Waals surface area contributed by atoms with Crippen molar-refractivity contribution in [1.29, 1.82) is 0 Å². The molecule has 2 bridgehead atoms. The Morgan fingerprint density at radius 3 is 2.22 bits per heavy atom. The molecule has 1 N–H and O–H groups in total. The number of hydrogen-bond donors (Lipinski definition) is 1. The maximum atomic E-state index is 13.2. The van der Waals surface area contributed by atoms with Gasteiger partial charge >= 0.3 is 12.1 Å². The number of ether oxygens (including phenoxy) is 3. The number of anilines is 1. The van der Waals surface area contributed by atoms with Crippen LogP contribution in [0.4, 0.5) is 10.5 Å². The fraction of sp³-hybridized carbons (Fsp3) is 0.440. The molecule has 0 spiro atoms. The molecule has 0 radical (unpaired) electrons. The van der Waals surface area contributed by atoms with Crippen LogP contribution in [0, 0.1) is 0 Å². The first-order valence-electron chi connectivity index (χ1n) is 11.2. The van der Waals surface area contributed by atoms with Crippen LogP contribution in [0.15, 0.2) is 60.7 Å². The van der Waals surface area contributed by atoms with Gasteiger partial charge in [-0.15, -0.1) is 0 Å². The Kier molecular flexibility index (Phi) is 5.39. The van der Waals surface area contributed by atoms with E-state index in [9.17, 15) is 9.59 Å². The predicted molar refractivity (Wildman–Crippen MR) is 118 cm³/mol. The number of nitrogens with one attached hydrogen (secondary N) is 1. The summed E-state index contributed by atoms with van der Waals surface area (Å²) in [7, 11) is 4.49. The van der Waals surface area contributed by atoms with Crippen LogP contribution in [-0.4, -0.2) is 67.6 Å². The van der Waals surface area contributed by atoms with Crippen LogP contribution in [0.2, 0.25) is 0 Å². The van der Waals surface area contributed by atoms with E-state index < -0.39 is 12.0 Å². The average Bonchev–Trinajstić information content (AvgIpc) is 3.54. The zero-order chi connectivity index (χ0) is 22.3. The topological polar surface area (TPSA) is 77.2 Å². The third-order valence-corrected chi connectivity index (χ3v) is 7.21.